The second kappa shape index (κ2) is 22.1. The average Bonchev–Trinajstić information content (AvgIpc) is 4.16. The van der Waals surface area contributed by atoms with Crippen LogP contribution in [0.3, 0.4) is 0 Å². The van der Waals surface area contributed by atoms with Crippen LogP contribution in [0.5, 0.6) is 17.4 Å². The van der Waals surface area contributed by atoms with Gasteiger partial charge in [0.1, 0.15) is 29.8 Å². The minimum absolute atomic E-state index is 0.00830. The Hall–Kier alpha value is -7.11. The van der Waals surface area contributed by atoms with Crippen molar-refractivity contribution in [3.05, 3.63) is 130 Å². The number of aromatic amines is 1. The van der Waals surface area contributed by atoms with Crippen molar-refractivity contribution < 1.29 is 50.6 Å². The topological polar surface area (TPSA) is 206 Å². The number of H-pyrrole nitrogens is 1. The van der Waals surface area contributed by atoms with E-state index in [9.17, 15) is 32.1 Å². The van der Waals surface area contributed by atoms with Crippen molar-refractivity contribution in [3.8, 4) is 17.4 Å². The van der Waals surface area contributed by atoms with Gasteiger partial charge < -0.3 is 43.8 Å². The number of anilines is 4. The number of nitro benzene ring substituents is 1. The fourth-order valence-corrected chi connectivity index (χ4v) is 15.3. The summed E-state index contributed by atoms with van der Waals surface area (Å²) in [5, 5.41) is 16.7. The second-order valence-corrected chi connectivity index (χ2v) is 25.6. The number of piperazine rings is 1. The second-order valence-electron chi connectivity index (χ2n) is 23.9. The monoisotopic (exact) mass is 1160 g/mol. The van der Waals surface area contributed by atoms with E-state index in [1.165, 1.54) is 18.2 Å². The Kier molecular flexibility index (Phi) is 14.7. The third-order valence-corrected chi connectivity index (χ3v) is 19.6. The summed E-state index contributed by atoms with van der Waals surface area (Å²) in [6.07, 6.45) is 7.21. The maximum Gasteiger partial charge on any atom is 0.297 e. The minimum atomic E-state index is -4.74. The molecule has 8 heterocycles. The number of carbonyl (C=O) groups excluding carboxylic acids is 1. The summed E-state index contributed by atoms with van der Waals surface area (Å²) in [7, 11) is -4.74. The van der Waals surface area contributed by atoms with E-state index in [-0.39, 0.29) is 71.8 Å². The summed E-state index contributed by atoms with van der Waals surface area (Å²) in [6, 6.07) is 23.8. The molecule has 1 saturated carbocycles. The van der Waals surface area contributed by atoms with Gasteiger partial charge in [-0.15, -0.1) is 0 Å². The number of amides is 1. The standard InChI is InChI=1S/C61H69F2N9O10S/c1-36(2)81-54-7-5-4-6-44(54)53-33-68(32-38-8-11-46(62)47(63)24-38)19-20-70(53)42-30-61(31-42)16-18-69(37(3)29-61)41-9-10-45(50(26-41)71-49-15-23-79-35-56(49)82-60-52(71)25-40-12-17-64-58(40)66-60)59(73)67-83(76,77)43-27-51(72(74)75)57-55(28-43)80-34-48(65-57)39-13-21-78-22-14-39/h4-12,17,24-28,36-37,39,42,48-49,53,56,65H,13-16,18-23,29-35H2,1-3H3,(H,64,66)(H,67,73)/t37-,42?,48+,49+,53+,56+,61?/m1/s1. The van der Waals surface area contributed by atoms with Gasteiger partial charge in [-0.1, -0.05) is 24.3 Å². The van der Waals surface area contributed by atoms with Crippen LogP contribution in [-0.4, -0.2) is 135 Å². The molecule has 4 aromatic carbocycles. The largest absolute Gasteiger partial charge is 0.491 e. The van der Waals surface area contributed by atoms with Crippen LogP contribution in [-0.2, 0) is 26.0 Å². The van der Waals surface area contributed by atoms with Crippen LogP contribution < -0.4 is 34.0 Å². The zero-order valence-electron chi connectivity index (χ0n) is 46.7. The van der Waals surface area contributed by atoms with Crippen LogP contribution in [0.15, 0.2) is 96.0 Å². The van der Waals surface area contributed by atoms with Crippen molar-refractivity contribution in [1.29, 1.82) is 0 Å². The molecule has 3 N–H and O–H groups in total. The molecule has 1 aliphatic carbocycles. The predicted molar refractivity (Wildman–Crippen MR) is 307 cm³/mol. The van der Waals surface area contributed by atoms with Gasteiger partial charge in [-0.3, -0.25) is 24.7 Å². The lowest BCUT2D eigenvalue weighted by atomic mass is 9.58. The Morgan fingerprint density at radius 3 is 2.54 bits per heavy atom. The van der Waals surface area contributed by atoms with Crippen molar-refractivity contribution in [3.63, 3.8) is 0 Å². The molecule has 13 rings (SSSR count). The number of aromatic nitrogens is 2. The van der Waals surface area contributed by atoms with E-state index in [0.29, 0.717) is 68.3 Å². The van der Waals surface area contributed by atoms with Crippen LogP contribution in [0.2, 0.25) is 0 Å². The molecule has 438 valence electrons. The molecule has 1 amide bonds. The molecule has 1 spiro atoms. The van der Waals surface area contributed by atoms with Gasteiger partial charge in [-0.05, 0) is 131 Å². The highest BCUT2D eigenvalue weighted by atomic mass is 32.2. The summed E-state index contributed by atoms with van der Waals surface area (Å²) in [6.45, 7) is 11.8. The third-order valence-electron chi connectivity index (χ3n) is 18.3. The molecule has 0 bridgehead atoms. The summed E-state index contributed by atoms with van der Waals surface area (Å²) >= 11 is 0. The number of carbonyl (C=O) groups is 1. The number of nitro groups is 1. The number of hydrogen-bond donors (Lipinski definition) is 3. The summed E-state index contributed by atoms with van der Waals surface area (Å²) in [5.74, 6) is -1.28. The lowest BCUT2D eigenvalue weighted by Gasteiger charge is -2.59. The first-order valence-corrected chi connectivity index (χ1v) is 30.5. The van der Waals surface area contributed by atoms with Gasteiger partial charge >= 0.3 is 0 Å². The highest BCUT2D eigenvalue weighted by Crippen LogP contribution is 2.55. The Morgan fingerprint density at radius 1 is 0.928 bits per heavy atom. The van der Waals surface area contributed by atoms with Crippen molar-refractivity contribution in [2.24, 2.45) is 11.3 Å². The third kappa shape index (κ3) is 10.7. The molecule has 22 heteroatoms. The Bertz CT molecular complexity index is 3580. The highest BCUT2D eigenvalue weighted by molar-refractivity contribution is 7.90. The normalized spacial score (nSPS) is 25.8. The van der Waals surface area contributed by atoms with Crippen molar-refractivity contribution in [1.82, 2.24) is 24.5 Å². The molecular weight excluding hydrogens is 1090 g/mol. The molecule has 19 nitrogen and oxygen atoms in total. The van der Waals surface area contributed by atoms with E-state index < -0.39 is 49.2 Å². The van der Waals surface area contributed by atoms with Crippen LogP contribution in [0, 0.1) is 33.1 Å². The SMILES string of the molecule is CC(C)Oc1ccccc1[C@@H]1CN(Cc2ccc(F)c(F)c2)CCN1C1CC2(CCN(c3ccc(C(=O)NS(=O)(=O)c4cc5c(c([N+](=O)[O-])c4)N[C@H](C4CCOCC4)CO5)c(N4c5cc6cc[nH]c6nc5O[C@H]5COCC[C@@H]54)c3)[C@H](C)C2)C1. The molecule has 4 saturated heterocycles. The molecule has 5 fully saturated rings. The molecule has 0 unspecified atom stereocenters. The fourth-order valence-electron chi connectivity index (χ4n) is 14.3. The smallest absolute Gasteiger partial charge is 0.297 e. The quantitative estimate of drug-likeness (QED) is 0.0727. The maximum absolute atomic E-state index is 15.0. The van der Waals surface area contributed by atoms with Crippen LogP contribution in [0.1, 0.15) is 93.2 Å². The van der Waals surface area contributed by atoms with E-state index in [2.05, 4.69) is 53.7 Å². The van der Waals surface area contributed by atoms with E-state index in [4.69, 9.17) is 28.7 Å². The number of rotatable bonds is 13. The number of piperidine rings is 1. The Balaban J connectivity index is 0.785. The number of halogens is 2. The molecular formula is C61H69F2N9O10S. The first-order chi connectivity index (χ1) is 40.1. The lowest BCUT2D eigenvalue weighted by Crippen LogP contribution is -2.60. The number of nitrogens with one attached hydrogen (secondary N) is 3. The molecule has 6 aliphatic heterocycles. The van der Waals surface area contributed by atoms with E-state index >= 15 is 0 Å². The van der Waals surface area contributed by atoms with Crippen molar-refractivity contribution in [2.45, 2.75) is 120 Å². The van der Waals surface area contributed by atoms with Gasteiger partial charge in [0.2, 0.25) is 5.88 Å². The van der Waals surface area contributed by atoms with Crippen molar-refractivity contribution >= 4 is 55.4 Å². The minimum Gasteiger partial charge on any atom is -0.491 e. The summed E-state index contributed by atoms with van der Waals surface area (Å²) in [5.41, 5.74) is 4.14. The molecule has 6 aromatic rings. The number of nitrogens with zero attached hydrogens (tertiary/aromatic N) is 6. The number of pyridine rings is 1. The van der Waals surface area contributed by atoms with Gasteiger partial charge in [0, 0.05) is 99.6 Å². The van der Waals surface area contributed by atoms with Gasteiger partial charge in [-0.2, -0.15) is 4.98 Å². The number of sulfonamides is 1. The maximum atomic E-state index is 15.0. The zero-order chi connectivity index (χ0) is 57.3. The molecule has 83 heavy (non-hydrogen) atoms. The zero-order valence-corrected chi connectivity index (χ0v) is 47.5. The van der Waals surface area contributed by atoms with E-state index in [1.807, 2.05) is 50.2 Å². The Labute approximate surface area is 480 Å². The highest BCUT2D eigenvalue weighted by Gasteiger charge is 2.52. The van der Waals surface area contributed by atoms with Crippen LogP contribution in [0.25, 0.3) is 11.0 Å². The Morgan fingerprint density at radius 2 is 1.75 bits per heavy atom. The molecule has 0 radical (unpaired) electrons. The number of fused-ring (bicyclic) bond motifs is 4. The van der Waals surface area contributed by atoms with Gasteiger partial charge in [0.25, 0.3) is 21.6 Å². The predicted octanol–water partition coefficient (Wildman–Crippen LogP) is 9.64. The number of ether oxygens (including phenoxy) is 5. The molecule has 7 aliphatic rings. The van der Waals surface area contributed by atoms with Gasteiger partial charge in [-0.25, -0.2) is 21.9 Å². The summed E-state index contributed by atoms with van der Waals surface area (Å²) in [4.78, 5) is 43.9. The number of benzene rings is 4. The van der Waals surface area contributed by atoms with E-state index in [1.54, 1.807) is 18.3 Å². The number of para-hydroxylation sites is 1. The molecule has 5 atom stereocenters. The first-order valence-electron chi connectivity index (χ1n) is 29.0. The number of hydrogen-bond acceptors (Lipinski definition) is 16. The van der Waals surface area contributed by atoms with Crippen LogP contribution >= 0.6 is 0 Å². The first kappa shape index (κ1) is 55.1. The average molecular weight is 1160 g/mol. The fraction of sp³-hybridized carbons (Fsp3) is 0.475. The van der Waals surface area contributed by atoms with Crippen LogP contribution in [0.4, 0.5) is 37.2 Å². The lowest BCUT2D eigenvalue weighted by molar-refractivity contribution is -0.384. The summed E-state index contributed by atoms with van der Waals surface area (Å²) < 4.78 is 90.1. The molecule has 2 aromatic heterocycles. The van der Waals surface area contributed by atoms with Gasteiger partial charge in [0.15, 0.2) is 23.1 Å². The van der Waals surface area contributed by atoms with Crippen molar-refractivity contribution in [2.75, 3.05) is 74.3 Å². The van der Waals surface area contributed by atoms with Gasteiger partial charge in [0.05, 0.1) is 51.9 Å². The van der Waals surface area contributed by atoms with E-state index in [0.717, 1.165) is 92.2 Å².